The average molecular weight is 171 g/mol. The summed E-state index contributed by atoms with van der Waals surface area (Å²) in [5.41, 5.74) is 2.70. The molecule has 0 amide bonds. The van der Waals surface area contributed by atoms with Gasteiger partial charge in [-0.1, -0.05) is 35.9 Å². The van der Waals surface area contributed by atoms with Crippen LogP contribution < -0.4 is 0 Å². The van der Waals surface area contributed by atoms with Crippen LogP contribution in [-0.2, 0) is 0 Å². The fourth-order valence-corrected chi connectivity index (χ4v) is 1.53. The SMILES string of the molecule is Cc1ccc(C2C=CN=CC2)cc1. The van der Waals surface area contributed by atoms with E-state index in [1.807, 2.05) is 12.4 Å². The van der Waals surface area contributed by atoms with Gasteiger partial charge in [-0.25, -0.2) is 0 Å². The molecular weight excluding hydrogens is 158 g/mol. The lowest BCUT2D eigenvalue weighted by molar-refractivity contribution is 0.886. The van der Waals surface area contributed by atoms with Gasteiger partial charge in [-0.05, 0) is 18.9 Å². The van der Waals surface area contributed by atoms with Crippen molar-refractivity contribution in [2.24, 2.45) is 4.99 Å². The van der Waals surface area contributed by atoms with E-state index in [-0.39, 0.29) is 0 Å². The highest BCUT2D eigenvalue weighted by molar-refractivity contribution is 5.62. The maximum absolute atomic E-state index is 4.06. The third kappa shape index (κ3) is 1.86. The molecule has 2 rings (SSSR count). The lowest BCUT2D eigenvalue weighted by atomic mass is 9.94. The van der Waals surface area contributed by atoms with Gasteiger partial charge in [-0.3, -0.25) is 4.99 Å². The molecule has 1 aliphatic rings. The van der Waals surface area contributed by atoms with Crippen LogP contribution in [0, 0.1) is 6.92 Å². The fraction of sp³-hybridized carbons (Fsp3) is 0.250. The zero-order chi connectivity index (χ0) is 9.10. The topological polar surface area (TPSA) is 12.4 Å². The largest absolute Gasteiger partial charge is 0.269 e. The van der Waals surface area contributed by atoms with Crippen molar-refractivity contribution < 1.29 is 0 Å². The summed E-state index contributed by atoms with van der Waals surface area (Å²) in [6.07, 6.45) is 7.04. The number of rotatable bonds is 1. The molecule has 0 saturated carbocycles. The molecule has 1 heteroatoms. The van der Waals surface area contributed by atoms with E-state index in [0.29, 0.717) is 5.92 Å². The summed E-state index contributed by atoms with van der Waals surface area (Å²) in [4.78, 5) is 4.06. The molecule has 0 saturated heterocycles. The number of nitrogens with zero attached hydrogens (tertiary/aromatic N) is 1. The van der Waals surface area contributed by atoms with Gasteiger partial charge in [0.2, 0.25) is 0 Å². The minimum absolute atomic E-state index is 0.526. The van der Waals surface area contributed by atoms with Crippen LogP contribution in [0.1, 0.15) is 23.5 Å². The van der Waals surface area contributed by atoms with E-state index in [1.165, 1.54) is 11.1 Å². The Morgan fingerprint density at radius 2 is 2.00 bits per heavy atom. The van der Waals surface area contributed by atoms with Crippen molar-refractivity contribution >= 4 is 6.21 Å². The molecule has 13 heavy (non-hydrogen) atoms. The number of hydrogen-bond donors (Lipinski definition) is 0. The maximum atomic E-state index is 4.06. The molecule has 1 unspecified atom stereocenters. The van der Waals surface area contributed by atoms with Crippen molar-refractivity contribution in [3.05, 3.63) is 47.7 Å². The van der Waals surface area contributed by atoms with E-state index in [4.69, 9.17) is 0 Å². The standard InChI is InChI=1S/C12H13N/c1-10-2-4-11(5-3-10)12-6-8-13-9-7-12/h2-6,8-9,12H,7H2,1H3. The average Bonchev–Trinajstić information content (AvgIpc) is 2.20. The highest BCUT2D eigenvalue weighted by atomic mass is 14.7. The Balaban J connectivity index is 2.21. The van der Waals surface area contributed by atoms with Crippen molar-refractivity contribution in [3.8, 4) is 0 Å². The van der Waals surface area contributed by atoms with Crippen LogP contribution in [0.2, 0.25) is 0 Å². The third-order valence-electron chi connectivity index (χ3n) is 2.37. The Hall–Kier alpha value is -1.37. The molecule has 1 aliphatic heterocycles. The molecule has 0 radical (unpaired) electrons. The molecule has 0 spiro atoms. The Bertz CT molecular complexity index is 333. The van der Waals surface area contributed by atoms with Gasteiger partial charge in [0.05, 0.1) is 0 Å². The third-order valence-corrected chi connectivity index (χ3v) is 2.37. The first-order valence-electron chi connectivity index (χ1n) is 4.61. The van der Waals surface area contributed by atoms with E-state index in [9.17, 15) is 0 Å². The predicted molar refractivity (Wildman–Crippen MR) is 56.2 cm³/mol. The van der Waals surface area contributed by atoms with E-state index in [1.54, 1.807) is 0 Å². The summed E-state index contributed by atoms with van der Waals surface area (Å²) in [5, 5.41) is 0. The van der Waals surface area contributed by atoms with E-state index in [0.717, 1.165) is 6.42 Å². The predicted octanol–water partition coefficient (Wildman–Crippen LogP) is 3.07. The Labute approximate surface area is 78.8 Å². The number of benzene rings is 1. The minimum Gasteiger partial charge on any atom is -0.269 e. The molecule has 1 aromatic carbocycles. The Morgan fingerprint density at radius 1 is 1.23 bits per heavy atom. The van der Waals surface area contributed by atoms with E-state index < -0.39 is 0 Å². The van der Waals surface area contributed by atoms with Crippen molar-refractivity contribution in [2.75, 3.05) is 0 Å². The quantitative estimate of drug-likeness (QED) is 0.615. The first-order valence-corrected chi connectivity index (χ1v) is 4.61. The molecule has 0 bridgehead atoms. The molecule has 1 aromatic rings. The molecule has 0 N–H and O–H groups in total. The maximum Gasteiger partial charge on any atom is 0.0230 e. The number of aliphatic imine (C=N–C) groups is 1. The second kappa shape index (κ2) is 3.56. The number of aryl methyl sites for hydroxylation is 1. The second-order valence-corrected chi connectivity index (χ2v) is 3.43. The van der Waals surface area contributed by atoms with Crippen LogP contribution in [0.15, 0.2) is 41.5 Å². The zero-order valence-electron chi connectivity index (χ0n) is 7.77. The smallest absolute Gasteiger partial charge is 0.0230 e. The molecule has 1 heterocycles. The van der Waals surface area contributed by atoms with Crippen LogP contribution in [0.4, 0.5) is 0 Å². The van der Waals surface area contributed by atoms with Gasteiger partial charge >= 0.3 is 0 Å². The van der Waals surface area contributed by atoms with Crippen LogP contribution in [0.3, 0.4) is 0 Å². The second-order valence-electron chi connectivity index (χ2n) is 3.43. The summed E-state index contributed by atoms with van der Waals surface area (Å²) in [6, 6.07) is 8.72. The van der Waals surface area contributed by atoms with Crippen molar-refractivity contribution in [3.63, 3.8) is 0 Å². The van der Waals surface area contributed by atoms with Gasteiger partial charge in [0.15, 0.2) is 0 Å². The van der Waals surface area contributed by atoms with Crippen LogP contribution in [0.25, 0.3) is 0 Å². The zero-order valence-corrected chi connectivity index (χ0v) is 7.77. The summed E-state index contributed by atoms with van der Waals surface area (Å²) in [7, 11) is 0. The number of hydrogen-bond acceptors (Lipinski definition) is 1. The van der Waals surface area contributed by atoms with Crippen molar-refractivity contribution in [1.29, 1.82) is 0 Å². The van der Waals surface area contributed by atoms with Gasteiger partial charge in [-0.2, -0.15) is 0 Å². The lowest BCUT2D eigenvalue weighted by Gasteiger charge is -2.12. The van der Waals surface area contributed by atoms with Gasteiger partial charge in [-0.15, -0.1) is 0 Å². The summed E-state index contributed by atoms with van der Waals surface area (Å²) < 4.78 is 0. The molecule has 66 valence electrons. The molecule has 0 aromatic heterocycles. The summed E-state index contributed by atoms with van der Waals surface area (Å²) in [5.74, 6) is 0.526. The highest BCUT2D eigenvalue weighted by Gasteiger charge is 2.07. The summed E-state index contributed by atoms with van der Waals surface area (Å²) >= 11 is 0. The fourth-order valence-electron chi connectivity index (χ4n) is 1.53. The van der Waals surface area contributed by atoms with Crippen LogP contribution in [-0.4, -0.2) is 6.21 Å². The normalized spacial score (nSPS) is 20.5. The summed E-state index contributed by atoms with van der Waals surface area (Å²) in [6.45, 7) is 2.11. The number of allylic oxidation sites excluding steroid dienone is 1. The lowest BCUT2D eigenvalue weighted by Crippen LogP contribution is -1.98. The van der Waals surface area contributed by atoms with E-state index in [2.05, 4.69) is 42.3 Å². The first-order chi connectivity index (χ1) is 6.36. The monoisotopic (exact) mass is 171 g/mol. The first kappa shape index (κ1) is 8.24. The minimum atomic E-state index is 0.526. The molecular formula is C12H13N. The van der Waals surface area contributed by atoms with Gasteiger partial charge < -0.3 is 0 Å². The Morgan fingerprint density at radius 3 is 2.62 bits per heavy atom. The van der Waals surface area contributed by atoms with Gasteiger partial charge in [0.1, 0.15) is 0 Å². The Kier molecular flexibility index (Phi) is 2.26. The van der Waals surface area contributed by atoms with Crippen molar-refractivity contribution in [2.45, 2.75) is 19.3 Å². The molecule has 0 aliphatic carbocycles. The molecule has 1 atom stereocenters. The highest BCUT2D eigenvalue weighted by Crippen LogP contribution is 2.22. The van der Waals surface area contributed by atoms with E-state index >= 15 is 0 Å². The van der Waals surface area contributed by atoms with Gasteiger partial charge in [0, 0.05) is 18.3 Å². The molecule has 1 nitrogen and oxygen atoms in total. The van der Waals surface area contributed by atoms with Crippen molar-refractivity contribution in [1.82, 2.24) is 0 Å². The molecule has 0 fully saturated rings. The van der Waals surface area contributed by atoms with Gasteiger partial charge in [0.25, 0.3) is 0 Å². The van der Waals surface area contributed by atoms with Crippen LogP contribution >= 0.6 is 0 Å². The van der Waals surface area contributed by atoms with Crippen LogP contribution in [0.5, 0.6) is 0 Å².